The first-order valence-corrected chi connectivity index (χ1v) is 13.4. The zero-order valence-electron chi connectivity index (χ0n) is 19.5. The van der Waals surface area contributed by atoms with E-state index in [4.69, 9.17) is 0 Å². The van der Waals surface area contributed by atoms with Crippen molar-refractivity contribution in [1.29, 1.82) is 0 Å². The number of alkyl halides is 3. The minimum Gasteiger partial charge on any atom is -0.406 e. The van der Waals surface area contributed by atoms with Gasteiger partial charge in [-0.1, -0.05) is 60.7 Å². The molecule has 2 aliphatic rings. The quantitative estimate of drug-likeness (QED) is 0.445. The Bertz CT molecular complexity index is 1270. The third-order valence-electron chi connectivity index (χ3n) is 7.17. The van der Waals surface area contributed by atoms with Gasteiger partial charge in [0.05, 0.1) is 10.4 Å². The lowest BCUT2D eigenvalue weighted by molar-refractivity contribution is -0.274. The molecule has 0 saturated carbocycles. The summed E-state index contributed by atoms with van der Waals surface area (Å²) in [5.41, 5.74) is 1.30. The van der Waals surface area contributed by atoms with E-state index in [0.29, 0.717) is 12.8 Å². The van der Waals surface area contributed by atoms with Crippen molar-refractivity contribution in [3.8, 4) is 5.75 Å². The van der Waals surface area contributed by atoms with Gasteiger partial charge in [0.25, 0.3) is 0 Å². The van der Waals surface area contributed by atoms with Crippen molar-refractivity contribution in [3.63, 3.8) is 0 Å². The Morgan fingerprint density at radius 3 is 1.97 bits per heavy atom. The molecule has 3 aromatic rings. The monoisotopic (exact) mass is 516 g/mol. The summed E-state index contributed by atoms with van der Waals surface area (Å²) in [6.45, 7) is 0.814. The van der Waals surface area contributed by atoms with Crippen molar-refractivity contribution >= 4 is 10.0 Å². The fraction of sp³-hybridized carbons (Fsp3) is 0.333. The summed E-state index contributed by atoms with van der Waals surface area (Å²) in [7, 11) is -4.03. The van der Waals surface area contributed by atoms with Gasteiger partial charge in [-0.2, -0.15) is 0 Å². The van der Waals surface area contributed by atoms with Crippen LogP contribution < -0.4 is 9.46 Å². The summed E-state index contributed by atoms with van der Waals surface area (Å²) in [5.74, 6) is -0.466. The van der Waals surface area contributed by atoms with Crippen LogP contribution in [0, 0.1) is 0 Å². The lowest BCUT2D eigenvalue weighted by Gasteiger charge is -2.47. The maximum Gasteiger partial charge on any atom is 0.573 e. The first kappa shape index (κ1) is 24.8. The highest BCUT2D eigenvalue weighted by Gasteiger charge is 2.50. The summed E-state index contributed by atoms with van der Waals surface area (Å²) < 4.78 is 71.4. The molecule has 2 fully saturated rings. The van der Waals surface area contributed by atoms with Gasteiger partial charge in [0.1, 0.15) is 5.75 Å². The molecule has 9 heteroatoms. The number of piperidine rings is 1. The number of halogens is 3. The largest absolute Gasteiger partial charge is 0.573 e. The number of ether oxygens (including phenoxy) is 1. The van der Waals surface area contributed by atoms with Crippen LogP contribution in [0.15, 0.2) is 89.8 Å². The van der Waals surface area contributed by atoms with E-state index in [-0.39, 0.29) is 17.0 Å². The first-order valence-electron chi connectivity index (χ1n) is 11.9. The predicted molar refractivity (Wildman–Crippen MR) is 130 cm³/mol. The molecule has 36 heavy (non-hydrogen) atoms. The van der Waals surface area contributed by atoms with Crippen LogP contribution in [-0.4, -0.2) is 31.8 Å². The van der Waals surface area contributed by atoms with Crippen molar-refractivity contribution < 1.29 is 26.3 Å². The van der Waals surface area contributed by atoms with E-state index in [2.05, 4.69) is 26.5 Å². The standard InChI is InChI=1S/C27H27F3N2O3S/c28-27(29,30)35-24-13-15-25(16-14-24)36(33,34)31-26(21-9-5-2-6-10-21)17-22-11-12-23(18-26)32(22)19-20-7-3-1-4-8-20/h1-10,13-16,22-23,31H,11-12,17-19H2. The SMILES string of the molecule is O=S(=O)(NC1(c2ccccc2)CC2CCC(C1)N2Cc1ccccc1)c1ccc(OC(F)(F)F)cc1. The number of sulfonamides is 1. The molecule has 2 aliphatic heterocycles. The van der Waals surface area contributed by atoms with Gasteiger partial charge in [-0.25, -0.2) is 13.1 Å². The minimum absolute atomic E-state index is 0.105. The van der Waals surface area contributed by atoms with E-state index in [9.17, 15) is 21.6 Å². The predicted octanol–water partition coefficient (Wildman–Crippen LogP) is 5.59. The van der Waals surface area contributed by atoms with Crippen molar-refractivity contribution in [2.75, 3.05) is 0 Å². The lowest BCUT2D eigenvalue weighted by Crippen LogP contribution is -2.56. The summed E-state index contributed by atoms with van der Waals surface area (Å²) >= 11 is 0. The molecule has 0 amide bonds. The zero-order chi connectivity index (χ0) is 25.4. The van der Waals surface area contributed by atoms with Crippen molar-refractivity contribution in [2.24, 2.45) is 0 Å². The van der Waals surface area contributed by atoms with Crippen LogP contribution in [-0.2, 0) is 22.1 Å². The molecule has 190 valence electrons. The fourth-order valence-electron chi connectivity index (χ4n) is 5.67. The van der Waals surface area contributed by atoms with E-state index in [1.54, 1.807) is 0 Å². The van der Waals surface area contributed by atoms with E-state index >= 15 is 0 Å². The molecular formula is C27H27F3N2O3S. The summed E-state index contributed by atoms with van der Waals surface area (Å²) in [4.78, 5) is 2.38. The molecule has 0 aromatic heterocycles. The van der Waals surface area contributed by atoms with Gasteiger partial charge in [-0.15, -0.1) is 13.2 Å². The van der Waals surface area contributed by atoms with Gasteiger partial charge in [-0.3, -0.25) is 4.90 Å². The summed E-state index contributed by atoms with van der Waals surface area (Å²) in [6, 6.07) is 24.5. The van der Waals surface area contributed by atoms with E-state index in [1.165, 1.54) is 5.56 Å². The molecule has 5 rings (SSSR count). The number of nitrogens with zero attached hydrogens (tertiary/aromatic N) is 1. The molecule has 0 radical (unpaired) electrons. The maximum absolute atomic E-state index is 13.5. The van der Waals surface area contributed by atoms with Crippen molar-refractivity contribution in [1.82, 2.24) is 9.62 Å². The minimum atomic E-state index is -4.84. The van der Waals surface area contributed by atoms with Gasteiger partial charge in [0, 0.05) is 18.6 Å². The normalized spacial score (nSPS) is 24.5. The van der Waals surface area contributed by atoms with E-state index < -0.39 is 27.7 Å². The van der Waals surface area contributed by atoms with Gasteiger partial charge < -0.3 is 4.74 Å². The molecule has 2 atom stereocenters. The highest BCUT2D eigenvalue weighted by atomic mass is 32.2. The molecule has 2 bridgehead atoms. The Kier molecular flexibility index (Phi) is 6.57. The van der Waals surface area contributed by atoms with Gasteiger partial charge in [0.15, 0.2) is 0 Å². The van der Waals surface area contributed by atoms with Crippen LogP contribution in [0.5, 0.6) is 5.75 Å². The molecule has 2 unspecified atom stereocenters. The summed E-state index contributed by atoms with van der Waals surface area (Å²) in [6.07, 6.45) is -1.67. The third kappa shape index (κ3) is 5.28. The Morgan fingerprint density at radius 1 is 0.861 bits per heavy atom. The van der Waals surface area contributed by atoms with Crippen LogP contribution in [0.1, 0.15) is 36.8 Å². The fourth-order valence-corrected chi connectivity index (χ4v) is 7.08. The molecule has 2 saturated heterocycles. The van der Waals surface area contributed by atoms with Crippen LogP contribution in [0.2, 0.25) is 0 Å². The second-order valence-electron chi connectivity index (χ2n) is 9.52. The smallest absolute Gasteiger partial charge is 0.406 e. The second kappa shape index (κ2) is 9.53. The van der Waals surface area contributed by atoms with Crippen LogP contribution in [0.3, 0.4) is 0 Å². The topological polar surface area (TPSA) is 58.6 Å². The molecule has 0 aliphatic carbocycles. The Morgan fingerprint density at radius 2 is 1.42 bits per heavy atom. The number of benzene rings is 3. The Hall–Kier alpha value is -2.88. The second-order valence-corrected chi connectivity index (χ2v) is 11.2. The molecule has 2 heterocycles. The molecule has 5 nitrogen and oxygen atoms in total. The third-order valence-corrected chi connectivity index (χ3v) is 8.72. The highest BCUT2D eigenvalue weighted by Crippen LogP contribution is 2.47. The number of hydrogen-bond donors (Lipinski definition) is 1. The van der Waals surface area contributed by atoms with Crippen molar-refractivity contribution in [2.45, 2.75) is 61.1 Å². The van der Waals surface area contributed by atoms with Gasteiger partial charge in [0.2, 0.25) is 10.0 Å². The van der Waals surface area contributed by atoms with Gasteiger partial charge >= 0.3 is 6.36 Å². The lowest BCUT2D eigenvalue weighted by atomic mass is 9.78. The average Bonchev–Trinajstić information content (AvgIpc) is 3.07. The zero-order valence-corrected chi connectivity index (χ0v) is 20.3. The molecule has 0 spiro atoms. The van der Waals surface area contributed by atoms with E-state index in [1.807, 2.05) is 48.5 Å². The Labute approximate surface area is 208 Å². The number of rotatable bonds is 7. The van der Waals surface area contributed by atoms with Crippen LogP contribution in [0.25, 0.3) is 0 Å². The molecular weight excluding hydrogens is 489 g/mol. The van der Waals surface area contributed by atoms with Crippen LogP contribution >= 0.6 is 0 Å². The molecule has 3 aromatic carbocycles. The van der Waals surface area contributed by atoms with E-state index in [0.717, 1.165) is 49.2 Å². The summed E-state index contributed by atoms with van der Waals surface area (Å²) in [5, 5.41) is 0. The van der Waals surface area contributed by atoms with Crippen LogP contribution in [0.4, 0.5) is 13.2 Å². The van der Waals surface area contributed by atoms with Crippen molar-refractivity contribution in [3.05, 3.63) is 96.1 Å². The Balaban J connectivity index is 1.42. The number of nitrogens with one attached hydrogen (secondary N) is 1. The van der Waals surface area contributed by atoms with Gasteiger partial charge in [-0.05, 0) is 61.1 Å². The number of hydrogen-bond acceptors (Lipinski definition) is 4. The number of fused-ring (bicyclic) bond motifs is 2. The maximum atomic E-state index is 13.5. The first-order chi connectivity index (χ1) is 17.1. The average molecular weight is 517 g/mol. The molecule has 1 N–H and O–H groups in total. The highest BCUT2D eigenvalue weighted by molar-refractivity contribution is 7.89.